The molecule has 10 nitrogen and oxygen atoms in total. The number of rotatable bonds is 5. The molecule has 0 saturated carbocycles. The van der Waals surface area contributed by atoms with E-state index in [2.05, 4.69) is 30.9 Å². The largest absolute Gasteiger partial charge is 0.383 e. The van der Waals surface area contributed by atoms with Gasteiger partial charge in [0.25, 0.3) is 5.56 Å². The maximum absolute atomic E-state index is 11.7. The zero-order valence-electron chi connectivity index (χ0n) is 10.3. The molecule has 5 N–H and O–H groups in total. The van der Waals surface area contributed by atoms with Crippen molar-refractivity contribution in [1.82, 2.24) is 30.2 Å². The molecule has 0 saturated heterocycles. The Morgan fingerprint density at radius 1 is 1.42 bits per heavy atom. The lowest BCUT2D eigenvalue weighted by atomic mass is 10.4. The number of nitrogens with zero attached hydrogens (tertiary/aromatic N) is 4. The van der Waals surface area contributed by atoms with Crippen LogP contribution in [0.15, 0.2) is 9.59 Å². The van der Waals surface area contributed by atoms with Gasteiger partial charge in [0, 0.05) is 6.54 Å². The van der Waals surface area contributed by atoms with Crippen LogP contribution in [0.25, 0.3) is 0 Å². The minimum Gasteiger partial charge on any atom is -0.383 e. The number of hydrogen-bond donors (Lipinski definition) is 4. The number of nitrogen functional groups attached to an aromatic ring is 1. The molecule has 0 amide bonds. The number of nitrogens with two attached hydrogens (primary N) is 1. The fourth-order valence-corrected chi connectivity index (χ4v) is 1.63. The molecule has 0 aromatic carbocycles. The number of aromatic nitrogens is 6. The van der Waals surface area contributed by atoms with E-state index in [1.54, 1.807) is 0 Å². The molecule has 2 rings (SSSR count). The van der Waals surface area contributed by atoms with Gasteiger partial charge in [0.2, 0.25) is 0 Å². The molecule has 0 aliphatic carbocycles. The van der Waals surface area contributed by atoms with E-state index in [0.717, 1.165) is 6.42 Å². The second-order valence-corrected chi connectivity index (χ2v) is 3.85. The van der Waals surface area contributed by atoms with Crippen molar-refractivity contribution >= 4 is 11.5 Å². The highest BCUT2D eigenvalue weighted by Gasteiger charge is 2.12. The molecule has 0 unspecified atom stereocenters. The zero-order chi connectivity index (χ0) is 13.8. The van der Waals surface area contributed by atoms with Crippen molar-refractivity contribution in [3.05, 3.63) is 26.7 Å². The van der Waals surface area contributed by atoms with Crippen LogP contribution in [0.3, 0.4) is 0 Å². The summed E-state index contributed by atoms with van der Waals surface area (Å²) < 4.78 is 1.31. The Hall–Kier alpha value is -2.65. The zero-order valence-corrected chi connectivity index (χ0v) is 10.3. The fraction of sp³-hybridized carbons (Fsp3) is 0.444. The van der Waals surface area contributed by atoms with E-state index in [9.17, 15) is 9.59 Å². The van der Waals surface area contributed by atoms with Gasteiger partial charge in [0.15, 0.2) is 5.82 Å². The molecular weight excluding hydrogens is 252 g/mol. The highest BCUT2D eigenvalue weighted by atomic mass is 16.2. The average Bonchev–Trinajstić information content (AvgIpc) is 2.87. The Kier molecular flexibility index (Phi) is 3.59. The van der Waals surface area contributed by atoms with Crippen LogP contribution in [0.4, 0.5) is 11.5 Å². The number of aromatic amines is 2. The first kappa shape index (κ1) is 12.8. The summed E-state index contributed by atoms with van der Waals surface area (Å²) in [5.74, 6) is 0.478. The summed E-state index contributed by atoms with van der Waals surface area (Å²) in [6.45, 7) is 2.51. The van der Waals surface area contributed by atoms with Crippen LogP contribution in [-0.2, 0) is 13.1 Å². The molecule has 0 bridgehead atoms. The molecule has 0 aliphatic heterocycles. The van der Waals surface area contributed by atoms with Crippen LogP contribution in [0, 0.1) is 0 Å². The number of tetrazole rings is 1. The Labute approximate surface area is 107 Å². The monoisotopic (exact) mass is 266 g/mol. The van der Waals surface area contributed by atoms with Gasteiger partial charge < -0.3 is 11.1 Å². The summed E-state index contributed by atoms with van der Waals surface area (Å²) in [6, 6.07) is 0. The highest BCUT2D eigenvalue weighted by Crippen LogP contribution is 2.10. The second-order valence-electron chi connectivity index (χ2n) is 3.85. The predicted octanol–water partition coefficient (Wildman–Crippen LogP) is -1.35. The standard InChI is InChI=1S/C9H14N8O2/c1-2-3-17-7(10)6(8(18)12-9(17)19)11-4-5-13-15-16-14-5/h11H,2-4,10H2,1H3,(H,12,18,19)(H,13,14,15,16). The summed E-state index contributed by atoms with van der Waals surface area (Å²) in [5, 5.41) is 16.0. The maximum Gasteiger partial charge on any atom is 0.330 e. The molecule has 2 aromatic rings. The highest BCUT2D eigenvalue weighted by molar-refractivity contribution is 5.60. The van der Waals surface area contributed by atoms with Crippen molar-refractivity contribution in [3.8, 4) is 0 Å². The first-order valence-corrected chi connectivity index (χ1v) is 5.72. The second kappa shape index (κ2) is 5.33. The van der Waals surface area contributed by atoms with Crippen molar-refractivity contribution in [1.29, 1.82) is 0 Å². The number of H-pyrrole nitrogens is 2. The summed E-state index contributed by atoms with van der Waals surface area (Å²) in [7, 11) is 0. The van der Waals surface area contributed by atoms with Gasteiger partial charge in [-0.3, -0.25) is 14.3 Å². The summed E-state index contributed by atoms with van der Waals surface area (Å²) in [5.41, 5.74) is 4.86. The first-order valence-electron chi connectivity index (χ1n) is 5.72. The van der Waals surface area contributed by atoms with Gasteiger partial charge in [-0.25, -0.2) is 4.79 Å². The summed E-state index contributed by atoms with van der Waals surface area (Å²) in [4.78, 5) is 25.5. The normalized spacial score (nSPS) is 10.6. The molecule has 0 fully saturated rings. The third-order valence-electron chi connectivity index (χ3n) is 2.50. The van der Waals surface area contributed by atoms with Crippen LogP contribution < -0.4 is 22.3 Å². The smallest absolute Gasteiger partial charge is 0.330 e. The molecule has 102 valence electrons. The Bertz CT molecular complexity index is 656. The average molecular weight is 266 g/mol. The van der Waals surface area contributed by atoms with Crippen LogP contribution in [-0.4, -0.2) is 30.2 Å². The molecule has 2 aromatic heterocycles. The molecule has 0 spiro atoms. The minimum atomic E-state index is -0.571. The van der Waals surface area contributed by atoms with E-state index < -0.39 is 11.2 Å². The van der Waals surface area contributed by atoms with E-state index in [-0.39, 0.29) is 18.1 Å². The fourth-order valence-electron chi connectivity index (χ4n) is 1.63. The third kappa shape index (κ3) is 2.61. The quantitative estimate of drug-likeness (QED) is 0.523. The number of nitrogens with one attached hydrogen (secondary N) is 3. The molecule has 19 heavy (non-hydrogen) atoms. The van der Waals surface area contributed by atoms with Gasteiger partial charge in [-0.05, 0) is 6.42 Å². The molecule has 10 heteroatoms. The van der Waals surface area contributed by atoms with Crippen molar-refractivity contribution in [2.24, 2.45) is 0 Å². The molecule has 0 aliphatic rings. The third-order valence-corrected chi connectivity index (χ3v) is 2.50. The van der Waals surface area contributed by atoms with Crippen molar-refractivity contribution < 1.29 is 0 Å². The Balaban J connectivity index is 2.31. The van der Waals surface area contributed by atoms with Crippen LogP contribution >= 0.6 is 0 Å². The van der Waals surface area contributed by atoms with Gasteiger partial charge >= 0.3 is 5.69 Å². The van der Waals surface area contributed by atoms with Crippen molar-refractivity contribution in [2.45, 2.75) is 26.4 Å². The van der Waals surface area contributed by atoms with Crippen LogP contribution in [0.5, 0.6) is 0 Å². The van der Waals surface area contributed by atoms with Gasteiger partial charge in [-0.1, -0.05) is 12.1 Å². The lowest BCUT2D eigenvalue weighted by molar-refractivity contribution is 0.642. The van der Waals surface area contributed by atoms with Crippen LogP contribution in [0.1, 0.15) is 19.2 Å². The van der Waals surface area contributed by atoms with Gasteiger partial charge in [0.1, 0.15) is 11.5 Å². The Morgan fingerprint density at radius 3 is 2.84 bits per heavy atom. The number of anilines is 2. The first-order chi connectivity index (χ1) is 9.13. The summed E-state index contributed by atoms with van der Waals surface area (Å²) in [6.07, 6.45) is 0.723. The van der Waals surface area contributed by atoms with Crippen molar-refractivity contribution in [2.75, 3.05) is 11.1 Å². The van der Waals surface area contributed by atoms with Gasteiger partial charge in [-0.2, -0.15) is 5.21 Å². The lowest BCUT2D eigenvalue weighted by Crippen LogP contribution is -2.34. The van der Waals surface area contributed by atoms with Crippen molar-refractivity contribution in [3.63, 3.8) is 0 Å². The van der Waals surface area contributed by atoms with E-state index in [4.69, 9.17) is 5.73 Å². The minimum absolute atomic E-state index is 0.0964. The predicted molar refractivity (Wildman–Crippen MR) is 67.5 cm³/mol. The van der Waals surface area contributed by atoms with Gasteiger partial charge in [-0.15, -0.1) is 10.2 Å². The SMILES string of the molecule is CCCn1c(N)c(NCc2nn[nH]n2)c(=O)[nH]c1=O. The van der Waals surface area contributed by atoms with E-state index >= 15 is 0 Å². The Morgan fingerprint density at radius 2 is 2.21 bits per heavy atom. The molecule has 0 atom stereocenters. The lowest BCUT2D eigenvalue weighted by Gasteiger charge is -2.12. The van der Waals surface area contributed by atoms with E-state index in [1.165, 1.54) is 4.57 Å². The topological polar surface area (TPSA) is 147 Å². The van der Waals surface area contributed by atoms with E-state index in [0.29, 0.717) is 12.4 Å². The molecule has 0 radical (unpaired) electrons. The summed E-state index contributed by atoms with van der Waals surface area (Å²) >= 11 is 0. The molecular formula is C9H14N8O2. The van der Waals surface area contributed by atoms with Crippen LogP contribution in [0.2, 0.25) is 0 Å². The van der Waals surface area contributed by atoms with E-state index in [1.807, 2.05) is 6.92 Å². The molecule has 2 heterocycles. The number of hydrogen-bond acceptors (Lipinski definition) is 7. The maximum atomic E-state index is 11.7. The van der Waals surface area contributed by atoms with Gasteiger partial charge in [0.05, 0.1) is 6.54 Å².